The van der Waals surface area contributed by atoms with Crippen LogP contribution in [0.15, 0.2) is 15.2 Å². The minimum absolute atomic E-state index is 0.249. The third kappa shape index (κ3) is 2.72. The van der Waals surface area contributed by atoms with Crippen LogP contribution in [0.4, 0.5) is 0 Å². The van der Waals surface area contributed by atoms with Crippen molar-refractivity contribution >= 4 is 0 Å². The minimum atomic E-state index is 0.249. The summed E-state index contributed by atoms with van der Waals surface area (Å²) in [4.78, 5) is 4.45. The molecule has 2 rings (SSSR count). The smallest absolute Gasteiger partial charge is 0.219 e. The highest BCUT2D eigenvalue weighted by Gasteiger charge is 2.14. The fourth-order valence-corrected chi connectivity index (χ4v) is 1.74. The molecule has 0 fully saturated rings. The van der Waals surface area contributed by atoms with Gasteiger partial charge in [-0.05, 0) is 19.8 Å². The predicted molar refractivity (Wildman–Crippen MR) is 61.7 cm³/mol. The molecule has 0 aromatic carbocycles. The summed E-state index contributed by atoms with van der Waals surface area (Å²) < 4.78 is 10.7. The van der Waals surface area contributed by atoms with E-state index in [1.807, 2.05) is 13.8 Å². The number of aryl methyl sites for hydroxylation is 3. The third-order valence-corrected chi connectivity index (χ3v) is 2.85. The Morgan fingerprint density at radius 2 is 2.24 bits per heavy atom. The van der Waals surface area contributed by atoms with Crippen molar-refractivity contribution in [2.24, 2.45) is 0 Å². The summed E-state index contributed by atoms with van der Waals surface area (Å²) in [6, 6.07) is 0. The molecule has 0 bridgehead atoms. The van der Waals surface area contributed by atoms with Gasteiger partial charge in [0.25, 0.3) is 0 Å². The quantitative estimate of drug-likeness (QED) is 0.797. The van der Waals surface area contributed by atoms with Gasteiger partial charge in [-0.25, -0.2) is 4.98 Å². The molecular weight excluding hydrogens is 218 g/mol. The van der Waals surface area contributed by atoms with E-state index in [0.717, 1.165) is 36.6 Å². The van der Waals surface area contributed by atoms with Crippen LogP contribution in [0.25, 0.3) is 0 Å². The molecule has 0 aliphatic carbocycles. The molecule has 1 atom stereocenters. The van der Waals surface area contributed by atoms with Crippen LogP contribution in [-0.2, 0) is 12.8 Å². The van der Waals surface area contributed by atoms with Crippen molar-refractivity contribution in [3.05, 3.63) is 29.6 Å². The lowest BCUT2D eigenvalue weighted by Crippen LogP contribution is -1.98. The van der Waals surface area contributed by atoms with Crippen molar-refractivity contribution in [2.75, 3.05) is 0 Å². The molecule has 0 spiro atoms. The van der Waals surface area contributed by atoms with E-state index >= 15 is 0 Å². The summed E-state index contributed by atoms with van der Waals surface area (Å²) in [5.41, 5.74) is 1.04. The molecule has 2 aromatic rings. The van der Waals surface area contributed by atoms with Crippen LogP contribution in [0.5, 0.6) is 0 Å². The molecule has 0 radical (unpaired) electrons. The number of hydrogen-bond donors (Lipinski definition) is 0. The van der Waals surface area contributed by atoms with Gasteiger partial charge in [0.15, 0.2) is 5.89 Å². The van der Waals surface area contributed by atoms with E-state index in [2.05, 4.69) is 22.1 Å². The van der Waals surface area contributed by atoms with Crippen molar-refractivity contribution in [2.45, 2.75) is 46.0 Å². The Bertz CT molecular complexity index is 462. The zero-order chi connectivity index (χ0) is 12.3. The van der Waals surface area contributed by atoms with E-state index in [4.69, 9.17) is 8.83 Å². The molecule has 0 saturated heterocycles. The summed E-state index contributed by atoms with van der Waals surface area (Å²) >= 11 is 0. The lowest BCUT2D eigenvalue weighted by molar-refractivity contribution is 0.443. The number of rotatable bonds is 5. The highest BCUT2D eigenvalue weighted by Crippen LogP contribution is 2.20. The zero-order valence-electron chi connectivity index (χ0n) is 10.4. The number of oxazole rings is 1. The average molecular weight is 235 g/mol. The van der Waals surface area contributed by atoms with Crippen molar-refractivity contribution in [1.82, 2.24) is 15.2 Å². The first kappa shape index (κ1) is 11.8. The van der Waals surface area contributed by atoms with Gasteiger partial charge in [-0.1, -0.05) is 13.8 Å². The van der Waals surface area contributed by atoms with Gasteiger partial charge in [-0.3, -0.25) is 0 Å². The zero-order valence-corrected chi connectivity index (χ0v) is 10.4. The van der Waals surface area contributed by atoms with Crippen LogP contribution < -0.4 is 0 Å². The maximum Gasteiger partial charge on any atom is 0.219 e. The van der Waals surface area contributed by atoms with Gasteiger partial charge in [0, 0.05) is 12.3 Å². The summed E-state index contributed by atoms with van der Waals surface area (Å²) in [6.07, 6.45) is 4.00. The fraction of sp³-hybridized carbons (Fsp3) is 0.583. The fourth-order valence-electron chi connectivity index (χ4n) is 1.74. The Morgan fingerprint density at radius 1 is 1.41 bits per heavy atom. The second-order valence-corrected chi connectivity index (χ2v) is 4.18. The van der Waals surface area contributed by atoms with Crippen LogP contribution in [0.1, 0.15) is 49.4 Å². The van der Waals surface area contributed by atoms with Crippen LogP contribution in [0.2, 0.25) is 0 Å². The lowest BCUT2D eigenvalue weighted by atomic mass is 10.0. The third-order valence-electron chi connectivity index (χ3n) is 2.85. The maximum atomic E-state index is 5.52. The monoisotopic (exact) mass is 235 g/mol. The van der Waals surface area contributed by atoms with Crippen molar-refractivity contribution in [3.8, 4) is 0 Å². The summed E-state index contributed by atoms with van der Waals surface area (Å²) in [5.74, 6) is 2.66. The Kier molecular flexibility index (Phi) is 3.56. The molecule has 0 amide bonds. The van der Waals surface area contributed by atoms with Gasteiger partial charge >= 0.3 is 0 Å². The normalized spacial score (nSPS) is 12.9. The lowest BCUT2D eigenvalue weighted by Gasteiger charge is -2.04. The first-order valence-electron chi connectivity index (χ1n) is 5.92. The topological polar surface area (TPSA) is 65.0 Å². The summed E-state index contributed by atoms with van der Waals surface area (Å²) in [7, 11) is 0. The Balaban J connectivity index is 1.95. The molecule has 2 heterocycles. The molecule has 17 heavy (non-hydrogen) atoms. The van der Waals surface area contributed by atoms with Gasteiger partial charge < -0.3 is 8.83 Å². The van der Waals surface area contributed by atoms with Crippen molar-refractivity contribution < 1.29 is 8.83 Å². The highest BCUT2D eigenvalue weighted by molar-refractivity contribution is 5.09. The Morgan fingerprint density at radius 3 is 2.82 bits per heavy atom. The standard InChI is InChI=1S/C12H17N3O2/c1-4-11-14-10(9(3)17-11)6-5-8(2)12-15-13-7-16-12/h7-8H,4-6H2,1-3H3. The van der Waals surface area contributed by atoms with Gasteiger partial charge in [0.05, 0.1) is 5.69 Å². The second kappa shape index (κ2) is 5.12. The van der Waals surface area contributed by atoms with Crippen LogP contribution >= 0.6 is 0 Å². The molecule has 5 nitrogen and oxygen atoms in total. The van der Waals surface area contributed by atoms with Gasteiger partial charge in [-0.2, -0.15) is 0 Å². The van der Waals surface area contributed by atoms with E-state index in [-0.39, 0.29) is 5.92 Å². The van der Waals surface area contributed by atoms with E-state index in [0.29, 0.717) is 5.89 Å². The van der Waals surface area contributed by atoms with E-state index < -0.39 is 0 Å². The SMILES string of the molecule is CCc1nc(CCC(C)c2nnco2)c(C)o1. The van der Waals surface area contributed by atoms with E-state index in [1.54, 1.807) is 0 Å². The number of nitrogens with zero attached hydrogens (tertiary/aromatic N) is 3. The molecule has 2 aromatic heterocycles. The Hall–Kier alpha value is -1.65. The van der Waals surface area contributed by atoms with Crippen molar-refractivity contribution in [1.29, 1.82) is 0 Å². The molecule has 0 saturated carbocycles. The van der Waals surface area contributed by atoms with Crippen molar-refractivity contribution in [3.63, 3.8) is 0 Å². The van der Waals surface area contributed by atoms with Gasteiger partial charge in [-0.15, -0.1) is 10.2 Å². The summed E-state index contributed by atoms with van der Waals surface area (Å²) in [6.45, 7) is 6.07. The average Bonchev–Trinajstić information content (AvgIpc) is 2.95. The molecule has 5 heteroatoms. The molecule has 0 aliphatic rings. The largest absolute Gasteiger partial charge is 0.446 e. The molecular formula is C12H17N3O2. The van der Waals surface area contributed by atoms with Crippen LogP contribution in [0, 0.1) is 6.92 Å². The number of hydrogen-bond acceptors (Lipinski definition) is 5. The van der Waals surface area contributed by atoms with Crippen LogP contribution in [0.3, 0.4) is 0 Å². The van der Waals surface area contributed by atoms with Gasteiger partial charge in [0.2, 0.25) is 12.3 Å². The minimum Gasteiger partial charge on any atom is -0.446 e. The maximum absolute atomic E-state index is 5.52. The molecule has 1 unspecified atom stereocenters. The first-order chi connectivity index (χ1) is 8.20. The predicted octanol–water partition coefficient (Wildman–Crippen LogP) is 2.66. The molecule has 0 aliphatic heterocycles. The summed E-state index contributed by atoms with van der Waals surface area (Å²) in [5, 5.41) is 7.59. The van der Waals surface area contributed by atoms with E-state index in [9.17, 15) is 0 Å². The highest BCUT2D eigenvalue weighted by atomic mass is 16.4. The Labute approximate surface area is 100 Å². The number of aromatic nitrogens is 3. The second-order valence-electron chi connectivity index (χ2n) is 4.18. The molecule has 92 valence electrons. The first-order valence-corrected chi connectivity index (χ1v) is 5.92. The van der Waals surface area contributed by atoms with Crippen LogP contribution in [-0.4, -0.2) is 15.2 Å². The van der Waals surface area contributed by atoms with Gasteiger partial charge in [0.1, 0.15) is 5.76 Å². The molecule has 0 N–H and O–H groups in total. The van der Waals surface area contributed by atoms with E-state index in [1.165, 1.54) is 6.39 Å².